The highest BCUT2D eigenvalue weighted by molar-refractivity contribution is 7.99. The molecule has 5 heteroatoms. The molecule has 2 rings (SSSR count). The molecule has 0 saturated carbocycles. The first-order chi connectivity index (χ1) is 9.24. The topological polar surface area (TPSA) is 42.7 Å². The summed E-state index contributed by atoms with van der Waals surface area (Å²) in [6.07, 6.45) is 3.04. The molecule has 1 saturated heterocycles. The number of rotatable bonds is 5. The van der Waals surface area contributed by atoms with Crippen LogP contribution < -0.4 is 0 Å². The quantitative estimate of drug-likeness (QED) is 0.611. The summed E-state index contributed by atoms with van der Waals surface area (Å²) in [6, 6.07) is 3.68. The highest BCUT2D eigenvalue weighted by Crippen LogP contribution is 2.09. The van der Waals surface area contributed by atoms with Gasteiger partial charge in [0.05, 0.1) is 0 Å². The molecule has 1 fully saturated rings. The molecule has 4 nitrogen and oxygen atoms in total. The number of aryl methyl sites for hydroxylation is 1. The lowest BCUT2D eigenvalue weighted by Crippen LogP contribution is -2.35. The Balaban J connectivity index is 1.65. The van der Waals surface area contributed by atoms with E-state index in [-0.39, 0.29) is 5.97 Å². The van der Waals surface area contributed by atoms with Gasteiger partial charge in [-0.1, -0.05) is 0 Å². The van der Waals surface area contributed by atoms with E-state index < -0.39 is 0 Å². The maximum Gasteiger partial charge on any atom is 0.330 e. The minimum atomic E-state index is -0.319. The molecule has 1 aliphatic rings. The zero-order valence-corrected chi connectivity index (χ0v) is 11.9. The lowest BCUT2D eigenvalue weighted by Gasteiger charge is -2.25. The smallest absolute Gasteiger partial charge is 0.330 e. The first kappa shape index (κ1) is 14.2. The van der Waals surface area contributed by atoms with E-state index in [9.17, 15) is 4.79 Å². The van der Waals surface area contributed by atoms with Crippen molar-refractivity contribution >= 4 is 23.8 Å². The molecule has 0 spiro atoms. The Morgan fingerprint density at radius 2 is 2.26 bits per heavy atom. The van der Waals surface area contributed by atoms with E-state index in [1.54, 1.807) is 6.08 Å². The van der Waals surface area contributed by atoms with E-state index in [1.165, 1.54) is 17.6 Å². The number of thioether (sulfide) groups is 1. The van der Waals surface area contributed by atoms with Crippen molar-refractivity contribution in [3.05, 3.63) is 29.7 Å². The van der Waals surface area contributed by atoms with E-state index in [4.69, 9.17) is 9.15 Å². The van der Waals surface area contributed by atoms with Crippen molar-refractivity contribution in [1.82, 2.24) is 4.90 Å². The predicted molar refractivity (Wildman–Crippen MR) is 77.2 cm³/mol. The number of esters is 1. The molecule has 0 bridgehead atoms. The van der Waals surface area contributed by atoms with Gasteiger partial charge in [-0.05, 0) is 25.1 Å². The molecule has 0 unspecified atom stereocenters. The van der Waals surface area contributed by atoms with Crippen LogP contribution >= 0.6 is 11.8 Å². The van der Waals surface area contributed by atoms with Crippen LogP contribution in [-0.4, -0.2) is 48.6 Å². The number of carbonyl (C=O) groups is 1. The summed E-state index contributed by atoms with van der Waals surface area (Å²) in [5.74, 6) is 3.52. The maximum atomic E-state index is 11.5. The largest absolute Gasteiger partial charge is 0.462 e. The Morgan fingerprint density at radius 3 is 2.95 bits per heavy atom. The van der Waals surface area contributed by atoms with Crippen molar-refractivity contribution in [2.45, 2.75) is 6.92 Å². The van der Waals surface area contributed by atoms with Crippen LogP contribution in [0.15, 0.2) is 22.6 Å². The average Bonchev–Trinajstić information content (AvgIpc) is 2.83. The Bertz CT molecular complexity index is 436. The van der Waals surface area contributed by atoms with Gasteiger partial charge in [0.1, 0.15) is 18.1 Å². The molecule has 0 N–H and O–H groups in total. The molecule has 1 aromatic rings. The van der Waals surface area contributed by atoms with Gasteiger partial charge >= 0.3 is 5.97 Å². The second-order valence-electron chi connectivity index (χ2n) is 4.40. The summed E-state index contributed by atoms with van der Waals surface area (Å²) in [7, 11) is 0. The van der Waals surface area contributed by atoms with Crippen LogP contribution in [0.4, 0.5) is 0 Å². The molecule has 0 atom stereocenters. The van der Waals surface area contributed by atoms with E-state index in [1.807, 2.05) is 30.8 Å². The van der Waals surface area contributed by atoms with Crippen LogP contribution in [0.3, 0.4) is 0 Å². The van der Waals surface area contributed by atoms with E-state index in [0.29, 0.717) is 12.4 Å². The summed E-state index contributed by atoms with van der Waals surface area (Å²) < 4.78 is 10.5. The van der Waals surface area contributed by atoms with Gasteiger partial charge < -0.3 is 9.15 Å². The molecule has 2 heterocycles. The lowest BCUT2D eigenvalue weighted by molar-refractivity contribution is -0.138. The SMILES string of the molecule is Cc1ccc(C=CC(=O)OCCN2CCSCC2)o1. The minimum Gasteiger partial charge on any atom is -0.462 e. The number of furan rings is 1. The van der Waals surface area contributed by atoms with Crippen molar-refractivity contribution in [2.75, 3.05) is 37.7 Å². The van der Waals surface area contributed by atoms with E-state index in [0.717, 1.165) is 25.4 Å². The van der Waals surface area contributed by atoms with Crippen LogP contribution in [0.2, 0.25) is 0 Å². The van der Waals surface area contributed by atoms with E-state index >= 15 is 0 Å². The van der Waals surface area contributed by atoms with Crippen molar-refractivity contribution in [3.8, 4) is 0 Å². The molecular weight excluding hydrogens is 262 g/mol. The number of carbonyl (C=O) groups excluding carboxylic acids is 1. The normalized spacial score (nSPS) is 16.9. The first-order valence-electron chi connectivity index (χ1n) is 6.45. The summed E-state index contributed by atoms with van der Waals surface area (Å²) in [6.45, 7) is 5.31. The molecule has 0 radical (unpaired) electrons. The van der Waals surface area contributed by atoms with Crippen LogP contribution in [-0.2, 0) is 9.53 Å². The Labute approximate surface area is 117 Å². The van der Waals surface area contributed by atoms with Crippen LogP contribution in [0.1, 0.15) is 11.5 Å². The number of hydrogen-bond acceptors (Lipinski definition) is 5. The fraction of sp³-hybridized carbons (Fsp3) is 0.500. The predicted octanol–water partition coefficient (Wildman–Crippen LogP) is 2.19. The molecular formula is C14H19NO3S. The van der Waals surface area contributed by atoms with Gasteiger partial charge in [0.2, 0.25) is 0 Å². The van der Waals surface area contributed by atoms with Gasteiger partial charge in [0.25, 0.3) is 0 Å². The molecule has 1 aromatic heterocycles. The number of hydrogen-bond donors (Lipinski definition) is 0. The van der Waals surface area contributed by atoms with Crippen molar-refractivity contribution in [2.24, 2.45) is 0 Å². The zero-order valence-electron chi connectivity index (χ0n) is 11.1. The van der Waals surface area contributed by atoms with Gasteiger partial charge in [-0.25, -0.2) is 4.79 Å². The Morgan fingerprint density at radius 1 is 1.47 bits per heavy atom. The van der Waals surface area contributed by atoms with Crippen LogP contribution in [0.5, 0.6) is 0 Å². The van der Waals surface area contributed by atoms with Crippen molar-refractivity contribution in [1.29, 1.82) is 0 Å². The summed E-state index contributed by atoms with van der Waals surface area (Å²) in [4.78, 5) is 13.8. The van der Waals surface area contributed by atoms with Crippen LogP contribution in [0.25, 0.3) is 6.08 Å². The molecule has 0 amide bonds. The number of ether oxygens (including phenoxy) is 1. The Kier molecular flexibility index (Phi) is 5.54. The third-order valence-corrected chi connectivity index (χ3v) is 3.84. The van der Waals surface area contributed by atoms with Gasteiger partial charge in [0.15, 0.2) is 0 Å². The second-order valence-corrected chi connectivity index (χ2v) is 5.63. The summed E-state index contributed by atoms with van der Waals surface area (Å²) >= 11 is 1.98. The monoisotopic (exact) mass is 281 g/mol. The van der Waals surface area contributed by atoms with Gasteiger partial charge in [-0.15, -0.1) is 0 Å². The average molecular weight is 281 g/mol. The van der Waals surface area contributed by atoms with Crippen LogP contribution in [0, 0.1) is 6.92 Å². The lowest BCUT2D eigenvalue weighted by atomic mass is 10.4. The third kappa shape index (κ3) is 5.12. The standard InChI is InChI=1S/C14H19NO3S/c1-12-2-3-13(18-12)4-5-14(16)17-9-6-15-7-10-19-11-8-15/h2-5H,6-11H2,1H3. The molecule has 0 aliphatic carbocycles. The van der Waals surface area contributed by atoms with Crippen molar-refractivity contribution in [3.63, 3.8) is 0 Å². The number of nitrogens with zero attached hydrogens (tertiary/aromatic N) is 1. The Hall–Kier alpha value is -1.20. The van der Waals surface area contributed by atoms with Gasteiger partial charge in [-0.2, -0.15) is 11.8 Å². The molecule has 0 aromatic carbocycles. The maximum absolute atomic E-state index is 11.5. The fourth-order valence-electron chi connectivity index (χ4n) is 1.84. The molecule has 1 aliphatic heterocycles. The highest BCUT2D eigenvalue weighted by atomic mass is 32.2. The summed E-state index contributed by atoms with van der Waals surface area (Å²) in [5.41, 5.74) is 0. The van der Waals surface area contributed by atoms with E-state index in [2.05, 4.69) is 4.90 Å². The zero-order chi connectivity index (χ0) is 13.5. The van der Waals surface area contributed by atoms with Gasteiger partial charge in [-0.3, -0.25) is 4.90 Å². The fourth-order valence-corrected chi connectivity index (χ4v) is 2.82. The van der Waals surface area contributed by atoms with Gasteiger partial charge in [0, 0.05) is 37.2 Å². The molecule has 104 valence electrons. The minimum absolute atomic E-state index is 0.319. The first-order valence-corrected chi connectivity index (χ1v) is 7.61. The second kappa shape index (κ2) is 7.40. The summed E-state index contributed by atoms with van der Waals surface area (Å²) in [5, 5.41) is 0. The third-order valence-electron chi connectivity index (χ3n) is 2.90. The van der Waals surface area contributed by atoms with Crippen molar-refractivity contribution < 1.29 is 13.9 Å². The molecule has 19 heavy (non-hydrogen) atoms. The highest BCUT2D eigenvalue weighted by Gasteiger charge is 2.10.